The fraction of sp³-hybridized carbons (Fsp3) is 0.200. The molecule has 0 unspecified atom stereocenters. The van der Waals surface area contributed by atoms with Crippen LogP contribution < -0.4 is 11.1 Å². The van der Waals surface area contributed by atoms with Crippen LogP contribution in [-0.4, -0.2) is 28.5 Å². The standard InChI is InChI=1S/C15H15ClN4O3/c1-9(10-4-2-3-5-11(10)16)20-12(21)8-23-15(22)13-14(17)19-7-6-18-13/h2-7,9H,8H2,1H3,(H2,17,19)(H,20,21)/t9-/m0/s1. The molecule has 2 aromatic rings. The summed E-state index contributed by atoms with van der Waals surface area (Å²) >= 11 is 6.06. The molecule has 1 aromatic carbocycles. The SMILES string of the molecule is C[C@H](NC(=O)COC(=O)c1nccnc1N)c1ccccc1Cl. The van der Waals surface area contributed by atoms with Gasteiger partial charge in [0, 0.05) is 17.4 Å². The zero-order chi connectivity index (χ0) is 16.8. The van der Waals surface area contributed by atoms with Crippen LogP contribution in [0.3, 0.4) is 0 Å². The second-order valence-electron chi connectivity index (χ2n) is 4.68. The van der Waals surface area contributed by atoms with Crippen LogP contribution in [0.1, 0.15) is 29.0 Å². The molecule has 0 spiro atoms. The lowest BCUT2D eigenvalue weighted by atomic mass is 10.1. The number of rotatable bonds is 5. The van der Waals surface area contributed by atoms with E-state index in [0.717, 1.165) is 5.56 Å². The lowest BCUT2D eigenvalue weighted by Crippen LogP contribution is -2.31. The quantitative estimate of drug-likeness (QED) is 0.806. The van der Waals surface area contributed by atoms with E-state index in [1.54, 1.807) is 25.1 Å². The van der Waals surface area contributed by atoms with E-state index >= 15 is 0 Å². The molecule has 2 rings (SSSR count). The predicted octanol–water partition coefficient (Wildman–Crippen LogP) is 1.75. The summed E-state index contributed by atoms with van der Waals surface area (Å²) < 4.78 is 4.87. The summed E-state index contributed by atoms with van der Waals surface area (Å²) in [5.74, 6) is -1.33. The minimum absolute atomic E-state index is 0.0534. The topological polar surface area (TPSA) is 107 Å². The van der Waals surface area contributed by atoms with Gasteiger partial charge in [-0.2, -0.15) is 0 Å². The van der Waals surface area contributed by atoms with E-state index < -0.39 is 18.5 Å². The second-order valence-corrected chi connectivity index (χ2v) is 5.08. The first kappa shape index (κ1) is 16.7. The van der Waals surface area contributed by atoms with E-state index in [4.69, 9.17) is 22.1 Å². The number of carbonyl (C=O) groups excluding carboxylic acids is 2. The minimum atomic E-state index is -0.809. The van der Waals surface area contributed by atoms with Crippen molar-refractivity contribution in [3.8, 4) is 0 Å². The van der Waals surface area contributed by atoms with Crippen molar-refractivity contribution >= 4 is 29.3 Å². The van der Waals surface area contributed by atoms with Crippen molar-refractivity contribution in [1.82, 2.24) is 15.3 Å². The third kappa shape index (κ3) is 4.40. The summed E-state index contributed by atoms with van der Waals surface area (Å²) in [6.45, 7) is 1.32. The first-order valence-corrected chi connectivity index (χ1v) is 7.14. The molecule has 0 aliphatic carbocycles. The van der Waals surface area contributed by atoms with Crippen LogP contribution >= 0.6 is 11.6 Å². The molecule has 0 bridgehead atoms. The molecule has 0 saturated carbocycles. The van der Waals surface area contributed by atoms with Gasteiger partial charge in [-0.1, -0.05) is 29.8 Å². The Labute approximate surface area is 137 Å². The number of benzene rings is 1. The van der Waals surface area contributed by atoms with Gasteiger partial charge in [0.2, 0.25) is 0 Å². The van der Waals surface area contributed by atoms with Crippen molar-refractivity contribution < 1.29 is 14.3 Å². The van der Waals surface area contributed by atoms with Gasteiger partial charge >= 0.3 is 5.97 Å². The maximum absolute atomic E-state index is 11.9. The van der Waals surface area contributed by atoms with Crippen LogP contribution in [0.4, 0.5) is 5.82 Å². The maximum atomic E-state index is 11.9. The Balaban J connectivity index is 1.89. The third-order valence-electron chi connectivity index (χ3n) is 3.00. The molecule has 0 radical (unpaired) electrons. The van der Waals surface area contributed by atoms with Gasteiger partial charge in [0.05, 0.1) is 6.04 Å². The Morgan fingerprint density at radius 1 is 1.30 bits per heavy atom. The Hall–Kier alpha value is -2.67. The van der Waals surface area contributed by atoms with Gasteiger partial charge in [-0.15, -0.1) is 0 Å². The number of carbonyl (C=O) groups is 2. The van der Waals surface area contributed by atoms with Crippen molar-refractivity contribution in [1.29, 1.82) is 0 Å². The van der Waals surface area contributed by atoms with Crippen molar-refractivity contribution in [2.45, 2.75) is 13.0 Å². The van der Waals surface area contributed by atoms with E-state index in [1.807, 2.05) is 6.07 Å². The number of nitrogen functional groups attached to an aromatic ring is 1. The summed E-state index contributed by atoms with van der Waals surface area (Å²) in [6.07, 6.45) is 2.66. The molecule has 1 aromatic heterocycles. The molecule has 0 fully saturated rings. The average Bonchev–Trinajstić information content (AvgIpc) is 2.53. The molecule has 0 aliphatic rings. The van der Waals surface area contributed by atoms with Gasteiger partial charge < -0.3 is 15.8 Å². The van der Waals surface area contributed by atoms with Crippen molar-refractivity contribution in [2.75, 3.05) is 12.3 Å². The van der Waals surface area contributed by atoms with Crippen LogP contribution in [-0.2, 0) is 9.53 Å². The first-order valence-electron chi connectivity index (χ1n) is 6.76. The second kappa shape index (κ2) is 7.55. The summed E-state index contributed by atoms with van der Waals surface area (Å²) in [5, 5.41) is 3.24. The van der Waals surface area contributed by atoms with Gasteiger partial charge in [-0.3, -0.25) is 4.79 Å². The Morgan fingerprint density at radius 2 is 2.00 bits per heavy atom. The minimum Gasteiger partial charge on any atom is -0.451 e. The number of hydrogen-bond donors (Lipinski definition) is 2. The number of nitrogens with two attached hydrogens (primary N) is 1. The number of nitrogens with one attached hydrogen (secondary N) is 1. The molecule has 0 saturated heterocycles. The van der Waals surface area contributed by atoms with Crippen LogP contribution in [0.5, 0.6) is 0 Å². The number of amides is 1. The molecular formula is C15H15ClN4O3. The van der Waals surface area contributed by atoms with Crippen LogP contribution in [0.2, 0.25) is 5.02 Å². The number of nitrogens with zero attached hydrogens (tertiary/aromatic N) is 2. The fourth-order valence-electron chi connectivity index (χ4n) is 1.89. The number of esters is 1. The summed E-state index contributed by atoms with van der Waals surface area (Å²) in [4.78, 5) is 31.1. The molecule has 1 heterocycles. The molecule has 8 heteroatoms. The monoisotopic (exact) mass is 334 g/mol. The third-order valence-corrected chi connectivity index (χ3v) is 3.35. The number of anilines is 1. The van der Waals surface area contributed by atoms with E-state index in [2.05, 4.69) is 15.3 Å². The molecule has 120 valence electrons. The van der Waals surface area contributed by atoms with Gasteiger partial charge in [-0.05, 0) is 18.6 Å². The highest BCUT2D eigenvalue weighted by Crippen LogP contribution is 2.21. The first-order chi connectivity index (χ1) is 11.0. The average molecular weight is 335 g/mol. The molecular weight excluding hydrogens is 320 g/mol. The Kier molecular flexibility index (Phi) is 5.48. The van der Waals surface area contributed by atoms with Gasteiger partial charge in [0.15, 0.2) is 18.1 Å². The summed E-state index contributed by atoms with van der Waals surface area (Å²) in [6, 6.07) is 6.83. The highest BCUT2D eigenvalue weighted by molar-refractivity contribution is 6.31. The van der Waals surface area contributed by atoms with Gasteiger partial charge in [0.25, 0.3) is 5.91 Å². The molecule has 23 heavy (non-hydrogen) atoms. The van der Waals surface area contributed by atoms with Crippen LogP contribution in [0, 0.1) is 0 Å². The van der Waals surface area contributed by atoms with Crippen molar-refractivity contribution in [2.24, 2.45) is 0 Å². The van der Waals surface area contributed by atoms with Gasteiger partial charge in [-0.25, -0.2) is 14.8 Å². The molecule has 0 aliphatic heterocycles. The smallest absolute Gasteiger partial charge is 0.361 e. The van der Waals surface area contributed by atoms with E-state index in [-0.39, 0.29) is 17.6 Å². The number of ether oxygens (including phenoxy) is 1. The molecule has 7 nitrogen and oxygen atoms in total. The van der Waals surface area contributed by atoms with Crippen molar-refractivity contribution in [3.05, 3.63) is 52.9 Å². The van der Waals surface area contributed by atoms with Crippen molar-refractivity contribution in [3.63, 3.8) is 0 Å². The zero-order valence-corrected chi connectivity index (χ0v) is 13.1. The lowest BCUT2D eigenvalue weighted by molar-refractivity contribution is -0.124. The highest BCUT2D eigenvalue weighted by atomic mass is 35.5. The number of aromatic nitrogens is 2. The molecule has 3 N–H and O–H groups in total. The lowest BCUT2D eigenvalue weighted by Gasteiger charge is -2.15. The molecule has 1 atom stereocenters. The predicted molar refractivity (Wildman–Crippen MR) is 84.7 cm³/mol. The number of hydrogen-bond acceptors (Lipinski definition) is 6. The van der Waals surface area contributed by atoms with Crippen LogP contribution in [0.15, 0.2) is 36.7 Å². The fourth-order valence-corrected chi connectivity index (χ4v) is 2.19. The Bertz CT molecular complexity index is 723. The van der Waals surface area contributed by atoms with E-state index in [1.165, 1.54) is 12.4 Å². The van der Waals surface area contributed by atoms with E-state index in [9.17, 15) is 9.59 Å². The Morgan fingerprint density at radius 3 is 2.70 bits per heavy atom. The highest BCUT2D eigenvalue weighted by Gasteiger charge is 2.17. The van der Waals surface area contributed by atoms with E-state index in [0.29, 0.717) is 5.02 Å². The summed E-state index contributed by atoms with van der Waals surface area (Å²) in [5.41, 5.74) is 6.16. The van der Waals surface area contributed by atoms with Gasteiger partial charge in [0.1, 0.15) is 0 Å². The number of halogens is 1. The zero-order valence-electron chi connectivity index (χ0n) is 12.3. The summed E-state index contributed by atoms with van der Waals surface area (Å²) in [7, 11) is 0. The normalized spacial score (nSPS) is 11.6. The van der Waals surface area contributed by atoms with Crippen LogP contribution in [0.25, 0.3) is 0 Å². The maximum Gasteiger partial charge on any atom is 0.361 e. The largest absolute Gasteiger partial charge is 0.451 e. The molecule has 1 amide bonds.